The molecule has 0 spiro atoms. The Balaban J connectivity index is 1.30. The summed E-state index contributed by atoms with van der Waals surface area (Å²) in [7, 11) is 0. The summed E-state index contributed by atoms with van der Waals surface area (Å²) >= 11 is 0. The second-order valence-corrected chi connectivity index (χ2v) is 8.23. The standard InChI is InChI=1S/C24H24N4O6/c1-24(33,22(30)31)14-25-21(29)12-28-11-15(10-26-28)27-23(32)34-13-20-18-8-4-2-6-16(18)17-7-3-5-9-19(17)20/h2-11,20,33H,12-14H2,1H3,(H,25,29)(H,27,32)(H,30,31). The van der Waals surface area contributed by atoms with E-state index in [4.69, 9.17) is 9.84 Å². The van der Waals surface area contributed by atoms with Crippen LogP contribution in [0.15, 0.2) is 60.9 Å². The third-order valence-corrected chi connectivity index (χ3v) is 5.62. The molecule has 0 radical (unpaired) electrons. The van der Waals surface area contributed by atoms with Gasteiger partial charge in [0, 0.05) is 12.1 Å². The van der Waals surface area contributed by atoms with E-state index in [0.717, 1.165) is 29.2 Å². The Morgan fingerprint density at radius 1 is 1.09 bits per heavy atom. The number of nitrogens with one attached hydrogen (secondary N) is 2. The molecule has 1 aliphatic carbocycles. The number of carbonyl (C=O) groups is 3. The molecular weight excluding hydrogens is 440 g/mol. The molecule has 1 aromatic heterocycles. The Bertz CT molecular complexity index is 1190. The van der Waals surface area contributed by atoms with E-state index < -0.39 is 30.1 Å². The second kappa shape index (κ2) is 9.36. The average Bonchev–Trinajstić information content (AvgIpc) is 3.38. The lowest BCUT2D eigenvalue weighted by molar-refractivity contribution is -0.156. The number of fused-ring (bicyclic) bond motifs is 3. The van der Waals surface area contributed by atoms with Crippen LogP contribution < -0.4 is 10.6 Å². The third-order valence-electron chi connectivity index (χ3n) is 5.62. The highest BCUT2D eigenvalue weighted by Gasteiger charge is 2.30. The van der Waals surface area contributed by atoms with Crippen molar-refractivity contribution in [1.29, 1.82) is 0 Å². The number of nitrogens with zero attached hydrogens (tertiary/aromatic N) is 2. The molecule has 4 rings (SSSR count). The molecule has 2 amide bonds. The minimum Gasteiger partial charge on any atom is -0.479 e. The molecule has 1 aliphatic rings. The van der Waals surface area contributed by atoms with Crippen molar-refractivity contribution < 1.29 is 29.3 Å². The highest BCUT2D eigenvalue weighted by molar-refractivity contribution is 5.85. The Hall–Kier alpha value is -4.18. The molecule has 0 saturated heterocycles. The molecule has 0 fully saturated rings. The largest absolute Gasteiger partial charge is 0.479 e. The van der Waals surface area contributed by atoms with Crippen LogP contribution in [0.1, 0.15) is 24.0 Å². The highest BCUT2D eigenvalue weighted by Crippen LogP contribution is 2.44. The fourth-order valence-corrected chi connectivity index (χ4v) is 3.82. The van der Waals surface area contributed by atoms with Crippen molar-refractivity contribution in [3.05, 3.63) is 72.1 Å². The summed E-state index contributed by atoms with van der Waals surface area (Å²) in [6.45, 7) is 0.579. The number of amides is 2. The number of carbonyl (C=O) groups excluding carboxylic acids is 2. The lowest BCUT2D eigenvalue weighted by atomic mass is 9.98. The molecule has 10 nitrogen and oxygen atoms in total. The number of rotatable bonds is 8. The fourth-order valence-electron chi connectivity index (χ4n) is 3.82. The molecule has 0 bridgehead atoms. The number of carboxylic acid groups (broad SMARTS) is 1. The summed E-state index contributed by atoms with van der Waals surface area (Å²) in [4.78, 5) is 35.2. The first kappa shape index (κ1) is 23.0. The van der Waals surface area contributed by atoms with Crippen LogP contribution in [0.5, 0.6) is 0 Å². The Kier molecular flexibility index (Phi) is 6.33. The van der Waals surface area contributed by atoms with Gasteiger partial charge in [0.25, 0.3) is 0 Å². The molecule has 1 heterocycles. The van der Waals surface area contributed by atoms with Crippen molar-refractivity contribution in [3.8, 4) is 11.1 Å². The van der Waals surface area contributed by atoms with Crippen LogP contribution in [0.3, 0.4) is 0 Å². The van der Waals surface area contributed by atoms with Crippen LogP contribution in [0, 0.1) is 0 Å². The van der Waals surface area contributed by atoms with E-state index in [1.54, 1.807) is 0 Å². The number of aliphatic hydroxyl groups is 1. The lowest BCUT2D eigenvalue weighted by Crippen LogP contribution is -2.47. The van der Waals surface area contributed by atoms with Crippen molar-refractivity contribution in [2.24, 2.45) is 0 Å². The van der Waals surface area contributed by atoms with Crippen molar-refractivity contribution in [2.45, 2.75) is 25.0 Å². The molecule has 176 valence electrons. The number of hydrogen-bond donors (Lipinski definition) is 4. The first-order valence-corrected chi connectivity index (χ1v) is 10.6. The van der Waals surface area contributed by atoms with Crippen molar-refractivity contribution in [3.63, 3.8) is 0 Å². The third kappa shape index (κ3) is 4.91. The number of ether oxygens (including phenoxy) is 1. The van der Waals surface area contributed by atoms with E-state index in [1.807, 2.05) is 36.4 Å². The number of aromatic nitrogens is 2. The smallest absolute Gasteiger partial charge is 0.411 e. The maximum absolute atomic E-state index is 12.4. The summed E-state index contributed by atoms with van der Waals surface area (Å²) in [5.41, 5.74) is 2.75. The predicted octanol–water partition coefficient (Wildman–Crippen LogP) is 2.20. The summed E-state index contributed by atoms with van der Waals surface area (Å²) in [5, 5.41) is 27.4. The Morgan fingerprint density at radius 3 is 2.32 bits per heavy atom. The van der Waals surface area contributed by atoms with Gasteiger partial charge in [-0.05, 0) is 29.2 Å². The number of hydrogen-bond acceptors (Lipinski definition) is 6. The predicted molar refractivity (Wildman–Crippen MR) is 122 cm³/mol. The van der Waals surface area contributed by atoms with Gasteiger partial charge in [-0.2, -0.15) is 5.10 Å². The van der Waals surface area contributed by atoms with Crippen LogP contribution in [0.25, 0.3) is 11.1 Å². The van der Waals surface area contributed by atoms with E-state index in [9.17, 15) is 19.5 Å². The van der Waals surface area contributed by atoms with Crippen molar-refractivity contribution in [1.82, 2.24) is 15.1 Å². The molecular formula is C24H24N4O6. The van der Waals surface area contributed by atoms with Crippen LogP contribution in [-0.4, -0.2) is 56.7 Å². The van der Waals surface area contributed by atoms with Gasteiger partial charge >= 0.3 is 12.1 Å². The molecule has 2 aromatic carbocycles. The van der Waals surface area contributed by atoms with Gasteiger partial charge in [0.15, 0.2) is 5.60 Å². The van der Waals surface area contributed by atoms with Crippen molar-refractivity contribution in [2.75, 3.05) is 18.5 Å². The van der Waals surface area contributed by atoms with Gasteiger partial charge in [0.05, 0.1) is 18.4 Å². The van der Waals surface area contributed by atoms with Gasteiger partial charge < -0.3 is 20.3 Å². The van der Waals surface area contributed by atoms with Gasteiger partial charge in [-0.25, -0.2) is 9.59 Å². The zero-order chi connectivity index (χ0) is 24.3. The molecule has 1 atom stereocenters. The van der Waals surface area contributed by atoms with E-state index in [-0.39, 0.29) is 19.1 Å². The topological polar surface area (TPSA) is 143 Å². The monoisotopic (exact) mass is 464 g/mol. The van der Waals surface area contributed by atoms with E-state index in [1.165, 1.54) is 17.1 Å². The molecule has 34 heavy (non-hydrogen) atoms. The maximum atomic E-state index is 12.4. The summed E-state index contributed by atoms with van der Waals surface area (Å²) in [6, 6.07) is 16.1. The highest BCUT2D eigenvalue weighted by atomic mass is 16.5. The summed E-state index contributed by atoms with van der Waals surface area (Å²) in [5.74, 6) is -2.05. The zero-order valence-corrected chi connectivity index (χ0v) is 18.4. The SMILES string of the molecule is CC(O)(CNC(=O)Cn1cc(NC(=O)OCC2c3ccccc3-c3ccccc32)cn1)C(=O)O. The second-order valence-electron chi connectivity index (χ2n) is 8.23. The summed E-state index contributed by atoms with van der Waals surface area (Å²) in [6.07, 6.45) is 2.15. The first-order chi connectivity index (χ1) is 16.2. The molecule has 0 aliphatic heterocycles. The number of carboxylic acids is 1. The molecule has 10 heteroatoms. The van der Waals surface area contributed by atoms with Crippen LogP contribution in [-0.2, 0) is 20.9 Å². The van der Waals surface area contributed by atoms with Crippen LogP contribution in [0.4, 0.5) is 10.5 Å². The zero-order valence-electron chi connectivity index (χ0n) is 18.4. The van der Waals surface area contributed by atoms with Gasteiger partial charge in [-0.1, -0.05) is 48.5 Å². The van der Waals surface area contributed by atoms with Gasteiger partial charge in [-0.15, -0.1) is 0 Å². The molecule has 1 unspecified atom stereocenters. The minimum absolute atomic E-state index is 0.0624. The molecule has 3 aromatic rings. The maximum Gasteiger partial charge on any atom is 0.411 e. The van der Waals surface area contributed by atoms with Gasteiger partial charge in [0.2, 0.25) is 5.91 Å². The first-order valence-electron chi connectivity index (χ1n) is 10.6. The summed E-state index contributed by atoms with van der Waals surface area (Å²) < 4.78 is 6.75. The average molecular weight is 464 g/mol. The van der Waals surface area contributed by atoms with Crippen LogP contribution >= 0.6 is 0 Å². The lowest BCUT2D eigenvalue weighted by Gasteiger charge is -2.18. The van der Waals surface area contributed by atoms with E-state index in [0.29, 0.717) is 5.69 Å². The quantitative estimate of drug-likeness (QED) is 0.400. The van der Waals surface area contributed by atoms with Gasteiger partial charge in [-0.3, -0.25) is 14.8 Å². The number of anilines is 1. The fraction of sp³-hybridized carbons (Fsp3) is 0.250. The normalized spacial score (nSPS) is 13.9. The Morgan fingerprint density at radius 2 is 1.71 bits per heavy atom. The van der Waals surface area contributed by atoms with Crippen molar-refractivity contribution >= 4 is 23.7 Å². The van der Waals surface area contributed by atoms with Crippen LogP contribution in [0.2, 0.25) is 0 Å². The minimum atomic E-state index is -2.07. The molecule has 4 N–H and O–H groups in total. The number of benzene rings is 2. The number of aliphatic carboxylic acids is 1. The van der Waals surface area contributed by atoms with E-state index in [2.05, 4.69) is 27.9 Å². The molecule has 0 saturated carbocycles. The van der Waals surface area contributed by atoms with Gasteiger partial charge in [0.1, 0.15) is 13.2 Å². The Labute approximate surface area is 195 Å². The van der Waals surface area contributed by atoms with E-state index >= 15 is 0 Å².